The number of nitrogens with zero attached hydrogens (tertiary/aromatic N) is 1. The largest absolute Gasteiger partial charge is 0.351 e. The Morgan fingerprint density at radius 3 is 2.80 bits per heavy atom. The van der Waals surface area contributed by atoms with Crippen LogP contribution in [-0.4, -0.2) is 31.3 Å². The molecule has 0 saturated carbocycles. The summed E-state index contributed by atoms with van der Waals surface area (Å²) in [7, 11) is -2.06. The van der Waals surface area contributed by atoms with Crippen molar-refractivity contribution in [2.75, 3.05) is 7.05 Å². The third-order valence-corrected chi connectivity index (χ3v) is 6.65. The zero-order chi connectivity index (χ0) is 17.9. The lowest BCUT2D eigenvalue weighted by Crippen LogP contribution is -2.22. The van der Waals surface area contributed by atoms with Crippen LogP contribution in [-0.2, 0) is 27.8 Å². The number of hydrogen-bond donors (Lipinski definition) is 3. The van der Waals surface area contributed by atoms with Gasteiger partial charge in [0.15, 0.2) is 0 Å². The molecule has 0 aliphatic heterocycles. The molecule has 0 spiro atoms. The van der Waals surface area contributed by atoms with Crippen molar-refractivity contribution in [1.29, 1.82) is 0 Å². The van der Waals surface area contributed by atoms with Crippen LogP contribution in [0.1, 0.15) is 17.1 Å². The van der Waals surface area contributed by atoms with E-state index in [4.69, 9.17) is 0 Å². The lowest BCUT2D eigenvalue weighted by atomic mass is 10.3. The molecule has 0 saturated heterocycles. The number of H-pyrrole nitrogens is 1. The first kappa shape index (κ1) is 17.6. The predicted octanol–water partition coefficient (Wildman–Crippen LogP) is 1.78. The number of sulfonamides is 1. The fourth-order valence-corrected chi connectivity index (χ4v) is 4.46. The second-order valence-electron chi connectivity index (χ2n) is 5.41. The van der Waals surface area contributed by atoms with Crippen molar-refractivity contribution in [3.05, 3.63) is 47.1 Å². The van der Waals surface area contributed by atoms with Crippen LogP contribution in [0.3, 0.4) is 0 Å². The quantitative estimate of drug-likeness (QED) is 0.583. The van der Waals surface area contributed by atoms with Crippen LogP contribution < -0.4 is 10.0 Å². The number of aromatic nitrogens is 2. The first-order valence-electron chi connectivity index (χ1n) is 7.70. The van der Waals surface area contributed by atoms with Gasteiger partial charge in [-0.1, -0.05) is 12.1 Å². The SMILES string of the molecule is CNS(=O)(=O)c1ccc(CNC(=O)CCc2nc3ccccc3[nH]2)s1. The van der Waals surface area contributed by atoms with Gasteiger partial charge in [0.05, 0.1) is 17.6 Å². The Hall–Kier alpha value is -2.23. The molecule has 25 heavy (non-hydrogen) atoms. The van der Waals surface area contributed by atoms with E-state index in [0.29, 0.717) is 19.4 Å². The van der Waals surface area contributed by atoms with Crippen molar-refractivity contribution in [1.82, 2.24) is 20.0 Å². The zero-order valence-corrected chi connectivity index (χ0v) is 15.2. The van der Waals surface area contributed by atoms with Gasteiger partial charge in [-0.2, -0.15) is 0 Å². The van der Waals surface area contributed by atoms with Gasteiger partial charge in [-0.3, -0.25) is 4.79 Å². The Bertz CT molecular complexity index is 959. The molecule has 1 amide bonds. The minimum atomic E-state index is -3.43. The molecule has 2 aromatic heterocycles. The van der Waals surface area contributed by atoms with Crippen molar-refractivity contribution < 1.29 is 13.2 Å². The Kier molecular flexibility index (Phi) is 5.16. The molecule has 7 nitrogen and oxygen atoms in total. The number of hydrogen-bond acceptors (Lipinski definition) is 5. The minimum Gasteiger partial charge on any atom is -0.351 e. The molecular formula is C16H18N4O3S2. The molecule has 0 unspecified atom stereocenters. The van der Waals surface area contributed by atoms with Gasteiger partial charge in [-0.15, -0.1) is 11.3 Å². The number of fused-ring (bicyclic) bond motifs is 1. The summed E-state index contributed by atoms with van der Waals surface area (Å²) in [5, 5.41) is 2.80. The number of thiophene rings is 1. The van der Waals surface area contributed by atoms with E-state index in [1.807, 2.05) is 24.3 Å². The van der Waals surface area contributed by atoms with E-state index in [0.717, 1.165) is 33.1 Å². The highest BCUT2D eigenvalue weighted by Gasteiger charge is 2.14. The van der Waals surface area contributed by atoms with E-state index >= 15 is 0 Å². The number of aromatic amines is 1. The molecule has 0 radical (unpaired) electrons. The van der Waals surface area contributed by atoms with Crippen molar-refractivity contribution >= 4 is 38.3 Å². The average molecular weight is 378 g/mol. The van der Waals surface area contributed by atoms with Crippen LogP contribution in [0.25, 0.3) is 11.0 Å². The Balaban J connectivity index is 1.51. The van der Waals surface area contributed by atoms with Crippen LogP contribution in [0.5, 0.6) is 0 Å². The molecule has 3 N–H and O–H groups in total. The molecule has 9 heteroatoms. The van der Waals surface area contributed by atoms with Crippen LogP contribution in [0.15, 0.2) is 40.6 Å². The maximum Gasteiger partial charge on any atom is 0.249 e. The summed E-state index contributed by atoms with van der Waals surface area (Å²) >= 11 is 1.14. The molecule has 132 valence electrons. The third kappa shape index (κ3) is 4.25. The van der Waals surface area contributed by atoms with Gasteiger partial charge in [-0.25, -0.2) is 18.1 Å². The van der Waals surface area contributed by atoms with Gasteiger partial charge in [0, 0.05) is 17.7 Å². The van der Waals surface area contributed by atoms with Gasteiger partial charge in [-0.05, 0) is 31.3 Å². The fourth-order valence-electron chi connectivity index (χ4n) is 2.33. The summed E-state index contributed by atoms with van der Waals surface area (Å²) in [5.41, 5.74) is 1.84. The summed E-state index contributed by atoms with van der Waals surface area (Å²) in [6.45, 7) is 0.308. The Labute approximate surface area is 149 Å². The second kappa shape index (κ2) is 7.34. The number of imidazole rings is 1. The normalized spacial score (nSPS) is 11.7. The standard InChI is InChI=1S/C16H18N4O3S2/c1-17-25(22,23)16-9-6-11(24-16)10-18-15(21)8-7-14-19-12-4-2-3-5-13(12)20-14/h2-6,9,17H,7-8,10H2,1H3,(H,18,21)(H,19,20). The smallest absolute Gasteiger partial charge is 0.249 e. The summed E-state index contributed by atoms with van der Waals surface area (Å²) in [6, 6.07) is 11.0. The van der Waals surface area contributed by atoms with Gasteiger partial charge >= 0.3 is 0 Å². The van der Waals surface area contributed by atoms with Crippen molar-refractivity contribution in [2.45, 2.75) is 23.6 Å². The highest BCUT2D eigenvalue weighted by Crippen LogP contribution is 2.21. The van der Waals surface area contributed by atoms with E-state index < -0.39 is 10.0 Å². The number of rotatable bonds is 7. The highest BCUT2D eigenvalue weighted by atomic mass is 32.2. The van der Waals surface area contributed by atoms with Crippen LogP contribution in [0, 0.1) is 0 Å². The monoisotopic (exact) mass is 378 g/mol. The minimum absolute atomic E-state index is 0.105. The van der Waals surface area contributed by atoms with Crippen LogP contribution in [0.2, 0.25) is 0 Å². The van der Waals surface area contributed by atoms with E-state index in [9.17, 15) is 13.2 Å². The molecule has 0 bridgehead atoms. The number of benzene rings is 1. The van der Waals surface area contributed by atoms with E-state index in [1.165, 1.54) is 13.1 Å². The summed E-state index contributed by atoms with van der Waals surface area (Å²) < 4.78 is 25.9. The maximum atomic E-state index is 12.0. The molecule has 2 heterocycles. The molecule has 1 aromatic carbocycles. The zero-order valence-electron chi connectivity index (χ0n) is 13.6. The average Bonchev–Trinajstić information content (AvgIpc) is 3.24. The lowest BCUT2D eigenvalue weighted by molar-refractivity contribution is -0.121. The van der Waals surface area contributed by atoms with Gasteiger partial charge in [0.25, 0.3) is 0 Å². The predicted molar refractivity (Wildman–Crippen MR) is 96.8 cm³/mol. The molecule has 3 rings (SSSR count). The Morgan fingerprint density at radius 1 is 1.24 bits per heavy atom. The van der Waals surface area contributed by atoms with Gasteiger partial charge < -0.3 is 10.3 Å². The summed E-state index contributed by atoms with van der Waals surface area (Å²) in [5.74, 6) is 0.668. The van der Waals surface area contributed by atoms with Crippen molar-refractivity contribution in [3.63, 3.8) is 0 Å². The topological polar surface area (TPSA) is 104 Å². The maximum absolute atomic E-state index is 12.0. The Morgan fingerprint density at radius 2 is 2.04 bits per heavy atom. The first-order chi connectivity index (χ1) is 12.0. The summed E-state index contributed by atoms with van der Waals surface area (Å²) in [4.78, 5) is 20.4. The number of para-hydroxylation sites is 2. The van der Waals surface area contributed by atoms with Gasteiger partial charge in [0.2, 0.25) is 15.9 Å². The van der Waals surface area contributed by atoms with E-state index in [-0.39, 0.29) is 10.1 Å². The lowest BCUT2D eigenvalue weighted by Gasteiger charge is -2.02. The fraction of sp³-hybridized carbons (Fsp3) is 0.250. The second-order valence-corrected chi connectivity index (χ2v) is 8.69. The molecule has 0 aliphatic rings. The van der Waals surface area contributed by atoms with E-state index in [2.05, 4.69) is 20.0 Å². The molecular weight excluding hydrogens is 360 g/mol. The molecule has 0 aliphatic carbocycles. The van der Waals surface area contributed by atoms with Gasteiger partial charge in [0.1, 0.15) is 10.0 Å². The first-order valence-corrected chi connectivity index (χ1v) is 10.0. The number of carbonyl (C=O) groups is 1. The summed E-state index contributed by atoms with van der Waals surface area (Å²) in [6.07, 6.45) is 0.831. The van der Waals surface area contributed by atoms with Crippen LogP contribution >= 0.6 is 11.3 Å². The number of carbonyl (C=O) groups excluding carboxylic acids is 1. The molecule has 0 fully saturated rings. The highest BCUT2D eigenvalue weighted by molar-refractivity contribution is 7.91. The molecule has 3 aromatic rings. The van der Waals surface area contributed by atoms with Crippen molar-refractivity contribution in [3.8, 4) is 0 Å². The van der Waals surface area contributed by atoms with Crippen LogP contribution in [0.4, 0.5) is 0 Å². The van der Waals surface area contributed by atoms with E-state index in [1.54, 1.807) is 6.07 Å². The third-order valence-electron chi connectivity index (χ3n) is 3.66. The number of nitrogens with one attached hydrogen (secondary N) is 3. The number of amides is 1. The van der Waals surface area contributed by atoms with Crippen molar-refractivity contribution in [2.24, 2.45) is 0 Å². The molecule has 0 atom stereocenters. The number of aryl methyl sites for hydroxylation is 1.